The molecule has 1 saturated heterocycles. The van der Waals surface area contributed by atoms with Gasteiger partial charge < -0.3 is 10.1 Å². The van der Waals surface area contributed by atoms with Crippen LogP contribution in [0.5, 0.6) is 0 Å². The lowest BCUT2D eigenvalue weighted by Gasteiger charge is -2.39. The molecule has 1 aliphatic rings. The third kappa shape index (κ3) is 3.74. The van der Waals surface area contributed by atoms with Crippen LogP contribution in [-0.2, 0) is 4.74 Å². The number of ether oxygens (including phenoxy) is 1. The maximum absolute atomic E-state index is 5.33. The van der Waals surface area contributed by atoms with Crippen molar-refractivity contribution >= 4 is 0 Å². The van der Waals surface area contributed by atoms with E-state index in [9.17, 15) is 0 Å². The first-order valence-electron chi connectivity index (χ1n) is 6.09. The van der Waals surface area contributed by atoms with Crippen LogP contribution in [-0.4, -0.2) is 50.8 Å². The second-order valence-electron chi connectivity index (χ2n) is 4.89. The quantitative estimate of drug-likeness (QED) is 0.747. The van der Waals surface area contributed by atoms with Crippen LogP contribution in [0.2, 0.25) is 0 Å². The van der Waals surface area contributed by atoms with Crippen molar-refractivity contribution in [3.8, 4) is 0 Å². The van der Waals surface area contributed by atoms with Crippen LogP contribution in [0, 0.1) is 5.92 Å². The van der Waals surface area contributed by atoms with Gasteiger partial charge in [0.2, 0.25) is 0 Å². The maximum Gasteiger partial charge on any atom is 0.0620 e. The molecule has 1 aliphatic heterocycles. The van der Waals surface area contributed by atoms with E-state index in [4.69, 9.17) is 4.74 Å². The van der Waals surface area contributed by atoms with Gasteiger partial charge in [-0.25, -0.2) is 0 Å². The molecule has 1 rings (SSSR count). The number of hydrogen-bond acceptors (Lipinski definition) is 3. The summed E-state index contributed by atoms with van der Waals surface area (Å²) >= 11 is 0. The van der Waals surface area contributed by atoms with Crippen LogP contribution in [0.1, 0.15) is 26.7 Å². The Hall–Kier alpha value is -0.120. The summed E-state index contributed by atoms with van der Waals surface area (Å²) in [4.78, 5) is 2.58. The Morgan fingerprint density at radius 1 is 1.47 bits per heavy atom. The normalized spacial score (nSPS) is 25.8. The van der Waals surface area contributed by atoms with Crippen LogP contribution in [0.3, 0.4) is 0 Å². The summed E-state index contributed by atoms with van der Waals surface area (Å²) in [7, 11) is 3.86. The van der Waals surface area contributed by atoms with Crippen molar-refractivity contribution in [2.45, 2.75) is 38.8 Å². The van der Waals surface area contributed by atoms with Crippen molar-refractivity contribution in [3.63, 3.8) is 0 Å². The van der Waals surface area contributed by atoms with Crippen LogP contribution in [0.15, 0.2) is 0 Å². The fraction of sp³-hybridized carbons (Fsp3) is 1.00. The zero-order chi connectivity index (χ0) is 11.3. The third-order valence-electron chi connectivity index (χ3n) is 3.44. The zero-order valence-corrected chi connectivity index (χ0v) is 10.6. The molecule has 0 saturated carbocycles. The highest BCUT2D eigenvalue weighted by molar-refractivity contribution is 4.83. The number of likely N-dealkylation sites (tertiary alicyclic amines) is 1. The molecular formula is C12H26N2O. The monoisotopic (exact) mass is 214 g/mol. The minimum atomic E-state index is 0.575. The van der Waals surface area contributed by atoms with Crippen LogP contribution >= 0.6 is 0 Å². The molecule has 3 heteroatoms. The Morgan fingerprint density at radius 2 is 2.20 bits per heavy atom. The molecule has 1 heterocycles. The van der Waals surface area contributed by atoms with E-state index in [1.165, 1.54) is 25.9 Å². The van der Waals surface area contributed by atoms with E-state index in [0.717, 1.165) is 6.61 Å². The molecule has 0 aromatic carbocycles. The van der Waals surface area contributed by atoms with Gasteiger partial charge in [-0.1, -0.05) is 13.8 Å². The van der Waals surface area contributed by atoms with Crippen molar-refractivity contribution in [2.24, 2.45) is 5.92 Å². The van der Waals surface area contributed by atoms with Gasteiger partial charge in [0.05, 0.1) is 6.61 Å². The highest BCUT2D eigenvalue weighted by atomic mass is 16.5. The highest BCUT2D eigenvalue weighted by Gasteiger charge is 2.26. The number of methoxy groups -OCH3 is 1. The smallest absolute Gasteiger partial charge is 0.0620 e. The molecular weight excluding hydrogens is 188 g/mol. The molecule has 0 radical (unpaired) electrons. The molecule has 0 aromatic rings. The average molecular weight is 214 g/mol. The third-order valence-corrected chi connectivity index (χ3v) is 3.44. The average Bonchev–Trinajstić information content (AvgIpc) is 2.25. The Labute approximate surface area is 94.2 Å². The van der Waals surface area contributed by atoms with E-state index in [0.29, 0.717) is 18.0 Å². The molecule has 0 aliphatic carbocycles. The Bertz CT molecular complexity index is 173. The van der Waals surface area contributed by atoms with E-state index in [-0.39, 0.29) is 0 Å². The fourth-order valence-electron chi connectivity index (χ4n) is 2.43. The van der Waals surface area contributed by atoms with Gasteiger partial charge in [-0.2, -0.15) is 0 Å². The lowest BCUT2D eigenvalue weighted by molar-refractivity contribution is 0.0442. The van der Waals surface area contributed by atoms with Crippen LogP contribution in [0.25, 0.3) is 0 Å². The van der Waals surface area contributed by atoms with Gasteiger partial charge in [0.25, 0.3) is 0 Å². The summed E-state index contributed by atoms with van der Waals surface area (Å²) < 4.78 is 5.33. The van der Waals surface area contributed by atoms with E-state index in [1.54, 1.807) is 7.11 Å². The first-order chi connectivity index (χ1) is 7.19. The molecule has 1 N–H and O–H groups in total. The van der Waals surface area contributed by atoms with E-state index in [1.807, 2.05) is 0 Å². The summed E-state index contributed by atoms with van der Waals surface area (Å²) in [5.41, 5.74) is 0. The van der Waals surface area contributed by atoms with Crippen molar-refractivity contribution in [1.29, 1.82) is 0 Å². The second-order valence-corrected chi connectivity index (χ2v) is 4.89. The summed E-state index contributed by atoms with van der Waals surface area (Å²) in [6.07, 6.45) is 2.61. The Morgan fingerprint density at radius 3 is 2.73 bits per heavy atom. The lowest BCUT2D eigenvalue weighted by atomic mass is 9.98. The molecule has 1 fully saturated rings. The number of rotatable bonds is 5. The topological polar surface area (TPSA) is 24.5 Å². The van der Waals surface area contributed by atoms with Gasteiger partial charge in [0.1, 0.15) is 0 Å². The largest absolute Gasteiger partial charge is 0.383 e. The molecule has 0 amide bonds. The van der Waals surface area contributed by atoms with Crippen molar-refractivity contribution in [2.75, 3.05) is 33.9 Å². The summed E-state index contributed by atoms with van der Waals surface area (Å²) in [5, 5.41) is 3.39. The standard InChI is InChI=1S/C12H26N2O/c1-10(2)12(9-15-4)14-7-5-6-11(8-14)13-3/h10-13H,5-9H2,1-4H3. The number of nitrogens with one attached hydrogen (secondary N) is 1. The predicted molar refractivity (Wildman–Crippen MR) is 64.2 cm³/mol. The van der Waals surface area contributed by atoms with Gasteiger partial charge in [-0.15, -0.1) is 0 Å². The molecule has 2 unspecified atom stereocenters. The number of piperidine rings is 1. The number of likely N-dealkylation sites (N-methyl/N-ethyl adjacent to an activating group) is 1. The van der Waals surface area contributed by atoms with Crippen LogP contribution in [0.4, 0.5) is 0 Å². The molecule has 0 aromatic heterocycles. The fourth-order valence-corrected chi connectivity index (χ4v) is 2.43. The maximum atomic E-state index is 5.33. The molecule has 3 nitrogen and oxygen atoms in total. The van der Waals surface area contributed by atoms with Gasteiger partial charge >= 0.3 is 0 Å². The summed E-state index contributed by atoms with van der Waals surface area (Å²) in [6, 6.07) is 1.24. The van der Waals surface area contributed by atoms with E-state index < -0.39 is 0 Å². The summed E-state index contributed by atoms with van der Waals surface area (Å²) in [6.45, 7) is 7.82. The Kier molecular flexibility index (Phi) is 5.58. The molecule has 90 valence electrons. The minimum Gasteiger partial charge on any atom is -0.383 e. The van der Waals surface area contributed by atoms with Gasteiger partial charge in [0, 0.05) is 25.7 Å². The van der Waals surface area contributed by atoms with E-state index >= 15 is 0 Å². The number of nitrogens with zero attached hydrogens (tertiary/aromatic N) is 1. The van der Waals surface area contributed by atoms with Gasteiger partial charge in [0.15, 0.2) is 0 Å². The zero-order valence-electron chi connectivity index (χ0n) is 10.6. The minimum absolute atomic E-state index is 0.575. The molecule has 0 bridgehead atoms. The molecule has 0 spiro atoms. The molecule has 15 heavy (non-hydrogen) atoms. The Balaban J connectivity index is 2.50. The van der Waals surface area contributed by atoms with Gasteiger partial charge in [-0.3, -0.25) is 4.90 Å². The van der Waals surface area contributed by atoms with E-state index in [2.05, 4.69) is 31.1 Å². The first kappa shape index (κ1) is 12.9. The first-order valence-corrected chi connectivity index (χ1v) is 6.09. The number of hydrogen-bond donors (Lipinski definition) is 1. The molecule has 2 atom stereocenters. The lowest BCUT2D eigenvalue weighted by Crippen LogP contribution is -2.51. The highest BCUT2D eigenvalue weighted by Crippen LogP contribution is 2.18. The van der Waals surface area contributed by atoms with Crippen molar-refractivity contribution in [1.82, 2.24) is 10.2 Å². The second kappa shape index (κ2) is 6.46. The summed E-state index contributed by atoms with van der Waals surface area (Å²) in [5.74, 6) is 0.667. The van der Waals surface area contributed by atoms with Gasteiger partial charge in [-0.05, 0) is 32.4 Å². The van der Waals surface area contributed by atoms with Crippen LogP contribution < -0.4 is 5.32 Å². The van der Waals surface area contributed by atoms with Crippen molar-refractivity contribution in [3.05, 3.63) is 0 Å². The van der Waals surface area contributed by atoms with Crippen molar-refractivity contribution < 1.29 is 4.74 Å². The predicted octanol–water partition coefficient (Wildman–Crippen LogP) is 1.34. The SMILES string of the molecule is CNC1CCCN(C(COC)C(C)C)C1.